The first-order valence-corrected chi connectivity index (χ1v) is 11.0. The monoisotopic (exact) mass is 494 g/mol. The van der Waals surface area contributed by atoms with Crippen molar-refractivity contribution < 1.29 is 27.4 Å². The Morgan fingerprint density at radius 2 is 1.94 bits per heavy atom. The predicted octanol–water partition coefficient (Wildman–Crippen LogP) is 5.61. The van der Waals surface area contributed by atoms with Crippen LogP contribution in [-0.2, 0) is 10.9 Å². The van der Waals surface area contributed by atoms with E-state index in [1.165, 1.54) is 6.07 Å². The third-order valence-electron chi connectivity index (χ3n) is 5.16. The van der Waals surface area contributed by atoms with Crippen molar-refractivity contribution in [2.45, 2.75) is 13.1 Å². The quantitative estimate of drug-likeness (QED) is 0.311. The SMILES string of the molecule is C#Cc1c(/C=C(\C)COc2ccnc(C(F)(F)F)c2)cccc1-c1cccc(C(=O)NCCOC)c1. The highest BCUT2D eigenvalue weighted by Gasteiger charge is 2.32. The third kappa shape index (κ3) is 6.96. The number of terminal acetylenes is 1. The molecule has 36 heavy (non-hydrogen) atoms. The molecule has 2 aromatic carbocycles. The van der Waals surface area contributed by atoms with Crippen LogP contribution in [0.25, 0.3) is 17.2 Å². The van der Waals surface area contributed by atoms with Gasteiger partial charge in [-0.3, -0.25) is 9.78 Å². The summed E-state index contributed by atoms with van der Waals surface area (Å²) in [7, 11) is 1.56. The van der Waals surface area contributed by atoms with Crippen molar-refractivity contribution in [1.29, 1.82) is 0 Å². The van der Waals surface area contributed by atoms with Crippen LogP contribution >= 0.6 is 0 Å². The largest absolute Gasteiger partial charge is 0.489 e. The normalized spacial score (nSPS) is 11.6. The van der Waals surface area contributed by atoms with Gasteiger partial charge >= 0.3 is 6.18 Å². The van der Waals surface area contributed by atoms with Crippen LogP contribution in [0.3, 0.4) is 0 Å². The molecule has 1 amide bonds. The predicted molar refractivity (Wildman–Crippen MR) is 132 cm³/mol. The van der Waals surface area contributed by atoms with Gasteiger partial charge in [0.1, 0.15) is 18.1 Å². The molecule has 0 fully saturated rings. The standard InChI is InChI=1S/C28H25F3N2O3/c1-4-24-20(15-19(2)18-36-23-11-12-32-26(17-23)28(29,30)31)8-6-10-25(24)21-7-5-9-22(16-21)27(34)33-13-14-35-3/h1,5-12,15-17H,13-14,18H2,2-3H3,(H,33,34)/b19-15+. The lowest BCUT2D eigenvalue weighted by atomic mass is 9.94. The van der Waals surface area contributed by atoms with Crippen molar-refractivity contribution in [3.05, 3.63) is 88.8 Å². The summed E-state index contributed by atoms with van der Waals surface area (Å²) in [5.41, 5.74) is 3.15. The molecule has 0 aliphatic heterocycles. The van der Waals surface area contributed by atoms with Gasteiger partial charge in [0.25, 0.3) is 5.91 Å². The number of nitrogens with zero attached hydrogens (tertiary/aromatic N) is 1. The summed E-state index contributed by atoms with van der Waals surface area (Å²) in [5, 5.41) is 2.79. The first-order valence-electron chi connectivity index (χ1n) is 11.0. The number of hydrogen-bond donors (Lipinski definition) is 1. The van der Waals surface area contributed by atoms with E-state index in [9.17, 15) is 18.0 Å². The minimum atomic E-state index is -4.55. The molecule has 0 bridgehead atoms. The van der Waals surface area contributed by atoms with Gasteiger partial charge in [-0.05, 0) is 47.4 Å². The van der Waals surface area contributed by atoms with Crippen molar-refractivity contribution in [1.82, 2.24) is 10.3 Å². The van der Waals surface area contributed by atoms with E-state index in [2.05, 4.69) is 16.2 Å². The number of alkyl halides is 3. The van der Waals surface area contributed by atoms with E-state index in [1.54, 1.807) is 32.2 Å². The lowest BCUT2D eigenvalue weighted by molar-refractivity contribution is -0.141. The second kappa shape index (κ2) is 12.0. The number of ether oxygens (including phenoxy) is 2. The lowest BCUT2D eigenvalue weighted by Gasteiger charge is -2.12. The maximum atomic E-state index is 12.9. The van der Waals surface area contributed by atoms with E-state index < -0.39 is 11.9 Å². The second-order valence-corrected chi connectivity index (χ2v) is 7.90. The Balaban J connectivity index is 1.81. The van der Waals surface area contributed by atoms with Crippen LogP contribution < -0.4 is 10.1 Å². The molecule has 1 aromatic heterocycles. The van der Waals surface area contributed by atoms with Crippen LogP contribution in [-0.4, -0.2) is 37.8 Å². The number of methoxy groups -OCH3 is 1. The van der Waals surface area contributed by atoms with E-state index >= 15 is 0 Å². The smallest absolute Gasteiger partial charge is 0.433 e. The van der Waals surface area contributed by atoms with Gasteiger partial charge < -0.3 is 14.8 Å². The van der Waals surface area contributed by atoms with Crippen molar-refractivity contribution in [2.24, 2.45) is 0 Å². The van der Waals surface area contributed by atoms with E-state index in [0.717, 1.165) is 34.5 Å². The molecule has 0 unspecified atom stereocenters. The zero-order valence-corrected chi connectivity index (χ0v) is 19.9. The fourth-order valence-corrected chi connectivity index (χ4v) is 3.45. The average Bonchev–Trinajstić information content (AvgIpc) is 2.87. The van der Waals surface area contributed by atoms with Crippen molar-refractivity contribution in [3.8, 4) is 29.2 Å². The van der Waals surface area contributed by atoms with Gasteiger partial charge in [0, 0.05) is 37.0 Å². The number of halogens is 3. The Hall–Kier alpha value is -4.09. The maximum absolute atomic E-state index is 12.9. The Kier molecular flexibility index (Phi) is 8.87. The molecule has 3 rings (SSSR count). The van der Waals surface area contributed by atoms with Crippen LogP contribution in [0.1, 0.15) is 34.1 Å². The lowest BCUT2D eigenvalue weighted by Crippen LogP contribution is -2.26. The molecule has 0 atom stereocenters. The molecular formula is C28H25F3N2O3. The first kappa shape index (κ1) is 26.5. The maximum Gasteiger partial charge on any atom is 0.433 e. The van der Waals surface area contributed by atoms with E-state index in [4.69, 9.17) is 15.9 Å². The van der Waals surface area contributed by atoms with E-state index in [0.29, 0.717) is 24.3 Å². The van der Waals surface area contributed by atoms with Gasteiger partial charge in [-0.2, -0.15) is 13.2 Å². The van der Waals surface area contributed by atoms with Crippen LogP contribution in [0.5, 0.6) is 5.75 Å². The average molecular weight is 495 g/mol. The molecule has 1 heterocycles. The molecular weight excluding hydrogens is 469 g/mol. The Morgan fingerprint density at radius 1 is 1.17 bits per heavy atom. The van der Waals surface area contributed by atoms with Crippen LogP contribution in [0.15, 0.2) is 66.4 Å². The molecule has 186 valence electrons. The molecule has 0 radical (unpaired) electrons. The van der Waals surface area contributed by atoms with Gasteiger partial charge in [-0.1, -0.05) is 42.3 Å². The number of hydrogen-bond acceptors (Lipinski definition) is 4. The van der Waals surface area contributed by atoms with Gasteiger partial charge in [0.15, 0.2) is 0 Å². The summed E-state index contributed by atoms with van der Waals surface area (Å²) in [6, 6.07) is 14.9. The van der Waals surface area contributed by atoms with Crippen LogP contribution in [0.4, 0.5) is 13.2 Å². The molecule has 0 saturated heterocycles. The van der Waals surface area contributed by atoms with Crippen molar-refractivity contribution in [2.75, 3.05) is 26.9 Å². The van der Waals surface area contributed by atoms with Crippen molar-refractivity contribution >= 4 is 12.0 Å². The molecule has 0 spiro atoms. The molecule has 1 N–H and O–H groups in total. The van der Waals surface area contributed by atoms with E-state index in [1.807, 2.05) is 30.3 Å². The summed E-state index contributed by atoms with van der Waals surface area (Å²) >= 11 is 0. The summed E-state index contributed by atoms with van der Waals surface area (Å²) in [4.78, 5) is 15.8. The number of carbonyl (C=O) groups is 1. The van der Waals surface area contributed by atoms with Gasteiger partial charge in [-0.15, -0.1) is 6.42 Å². The summed E-state index contributed by atoms with van der Waals surface area (Å²) in [6.45, 7) is 2.67. The van der Waals surface area contributed by atoms with Gasteiger partial charge in [0.05, 0.1) is 6.61 Å². The van der Waals surface area contributed by atoms with Crippen LogP contribution in [0, 0.1) is 12.3 Å². The minimum absolute atomic E-state index is 0.0622. The first-order chi connectivity index (χ1) is 17.2. The zero-order chi connectivity index (χ0) is 26.1. The summed E-state index contributed by atoms with van der Waals surface area (Å²) < 4.78 is 49.1. The van der Waals surface area contributed by atoms with Gasteiger partial charge in [0.2, 0.25) is 0 Å². The fraction of sp³-hybridized carbons (Fsp3) is 0.214. The fourth-order valence-electron chi connectivity index (χ4n) is 3.45. The summed E-state index contributed by atoms with van der Waals surface area (Å²) in [6.07, 6.45) is 4.19. The molecule has 5 nitrogen and oxygen atoms in total. The number of aromatic nitrogens is 1. The Labute approximate surface area is 208 Å². The molecule has 8 heteroatoms. The Bertz CT molecular complexity index is 1290. The number of carbonyl (C=O) groups excluding carboxylic acids is 1. The highest BCUT2D eigenvalue weighted by Crippen LogP contribution is 2.30. The molecule has 3 aromatic rings. The number of nitrogens with one attached hydrogen (secondary N) is 1. The van der Waals surface area contributed by atoms with E-state index in [-0.39, 0.29) is 18.3 Å². The number of pyridine rings is 1. The number of amides is 1. The van der Waals surface area contributed by atoms with Gasteiger partial charge in [-0.25, -0.2) is 0 Å². The minimum Gasteiger partial charge on any atom is -0.489 e. The Morgan fingerprint density at radius 3 is 2.67 bits per heavy atom. The highest BCUT2D eigenvalue weighted by atomic mass is 19.4. The molecule has 0 saturated carbocycles. The number of benzene rings is 2. The molecule has 0 aliphatic carbocycles. The second-order valence-electron chi connectivity index (χ2n) is 7.90. The third-order valence-corrected chi connectivity index (χ3v) is 5.16. The number of rotatable bonds is 9. The molecule has 0 aliphatic rings. The zero-order valence-electron chi connectivity index (χ0n) is 19.9. The topological polar surface area (TPSA) is 60.5 Å². The highest BCUT2D eigenvalue weighted by molar-refractivity contribution is 5.95. The van der Waals surface area contributed by atoms with Crippen molar-refractivity contribution in [3.63, 3.8) is 0 Å². The summed E-state index contributed by atoms with van der Waals surface area (Å²) in [5.74, 6) is 2.57. The van der Waals surface area contributed by atoms with Crippen LogP contribution in [0.2, 0.25) is 0 Å².